The number of esters is 1. The van der Waals surface area contributed by atoms with E-state index in [2.05, 4.69) is 12.2 Å². The molecule has 0 spiro atoms. The first-order valence-corrected chi connectivity index (χ1v) is 11.4. The van der Waals surface area contributed by atoms with Crippen molar-refractivity contribution in [2.45, 2.75) is 19.4 Å². The number of rotatable bonds is 5. The van der Waals surface area contributed by atoms with E-state index in [0.29, 0.717) is 23.1 Å². The van der Waals surface area contributed by atoms with Crippen LogP contribution in [0.2, 0.25) is 0 Å². The number of hydrogen-bond acceptors (Lipinski definition) is 5. The fraction of sp³-hybridized carbons (Fsp3) is 0.333. The van der Waals surface area contributed by atoms with Crippen LogP contribution < -0.4 is 4.90 Å². The molecule has 7 rings (SSSR count). The van der Waals surface area contributed by atoms with Crippen LogP contribution in [0.4, 0.5) is 5.69 Å². The molecule has 4 aliphatic carbocycles. The molecule has 2 aromatic rings. The molecule has 33 heavy (non-hydrogen) atoms. The second-order valence-corrected chi connectivity index (χ2v) is 9.49. The third kappa shape index (κ3) is 3.00. The third-order valence-corrected chi connectivity index (χ3v) is 7.74. The maximum absolute atomic E-state index is 13.2. The van der Waals surface area contributed by atoms with E-state index in [-0.39, 0.29) is 46.8 Å². The van der Waals surface area contributed by atoms with E-state index < -0.39 is 12.1 Å². The van der Waals surface area contributed by atoms with Crippen molar-refractivity contribution in [3.8, 4) is 0 Å². The summed E-state index contributed by atoms with van der Waals surface area (Å²) in [5, 5.41) is 0. The summed E-state index contributed by atoms with van der Waals surface area (Å²) in [5.41, 5.74) is 1.20. The molecule has 7 atom stereocenters. The van der Waals surface area contributed by atoms with E-state index in [1.54, 1.807) is 36.4 Å². The van der Waals surface area contributed by atoms with Gasteiger partial charge in [-0.15, -0.1) is 0 Å². The zero-order chi connectivity index (χ0) is 22.9. The number of hydrogen-bond donors (Lipinski definition) is 0. The fourth-order valence-corrected chi connectivity index (χ4v) is 6.08. The Balaban J connectivity index is 1.17. The Kier molecular flexibility index (Phi) is 4.41. The molecular formula is C27H23NO5. The Hall–Kier alpha value is -3.54. The number of ketones is 1. The number of benzene rings is 2. The maximum Gasteiger partial charge on any atom is 0.338 e. The SMILES string of the molecule is C[C@@H](OC(=O)c1ccc(N2C(=O)[C@@H]3[C@@H]4C=C[C@H]([C@H]5C[C@H]45)[C@@H]3C2=O)cc1)C(=O)c1ccccc1. The number of carbonyl (C=O) groups is 4. The summed E-state index contributed by atoms with van der Waals surface area (Å²) in [6.07, 6.45) is 4.48. The summed E-state index contributed by atoms with van der Waals surface area (Å²) < 4.78 is 5.35. The van der Waals surface area contributed by atoms with E-state index in [0.717, 1.165) is 6.42 Å². The minimum absolute atomic E-state index is 0.132. The summed E-state index contributed by atoms with van der Waals surface area (Å²) in [7, 11) is 0. The molecule has 1 saturated heterocycles. The van der Waals surface area contributed by atoms with Crippen LogP contribution in [0.3, 0.4) is 0 Å². The van der Waals surface area contributed by atoms with Crippen LogP contribution in [0.5, 0.6) is 0 Å². The van der Waals surface area contributed by atoms with Crippen molar-refractivity contribution in [1.82, 2.24) is 0 Å². The molecule has 1 aliphatic heterocycles. The Morgan fingerprint density at radius 2 is 1.42 bits per heavy atom. The summed E-state index contributed by atoms with van der Waals surface area (Å²) in [4.78, 5) is 52.8. The molecule has 1 heterocycles. The average molecular weight is 441 g/mol. The summed E-state index contributed by atoms with van der Waals surface area (Å²) in [6.45, 7) is 1.54. The Morgan fingerprint density at radius 3 is 2.00 bits per heavy atom. The van der Waals surface area contributed by atoms with Crippen LogP contribution >= 0.6 is 0 Å². The monoisotopic (exact) mass is 441 g/mol. The lowest BCUT2D eigenvalue weighted by atomic mass is 9.63. The molecule has 6 nitrogen and oxygen atoms in total. The lowest BCUT2D eigenvalue weighted by molar-refractivity contribution is -0.124. The first-order chi connectivity index (χ1) is 16.0. The third-order valence-electron chi connectivity index (χ3n) is 7.74. The highest BCUT2D eigenvalue weighted by Crippen LogP contribution is 2.65. The van der Waals surface area contributed by atoms with Gasteiger partial charge in [0, 0.05) is 5.56 Å². The van der Waals surface area contributed by atoms with Gasteiger partial charge in [-0.1, -0.05) is 42.5 Å². The molecule has 3 fully saturated rings. The van der Waals surface area contributed by atoms with E-state index in [1.165, 1.54) is 24.0 Å². The molecule has 6 heteroatoms. The minimum atomic E-state index is -0.932. The van der Waals surface area contributed by atoms with Gasteiger partial charge in [-0.25, -0.2) is 4.79 Å². The highest BCUT2D eigenvalue weighted by molar-refractivity contribution is 6.22. The highest BCUT2D eigenvalue weighted by Gasteiger charge is 2.67. The predicted molar refractivity (Wildman–Crippen MR) is 119 cm³/mol. The van der Waals surface area contributed by atoms with Gasteiger partial charge in [-0.3, -0.25) is 19.3 Å². The van der Waals surface area contributed by atoms with E-state index >= 15 is 0 Å². The Morgan fingerprint density at radius 1 is 0.848 bits per heavy atom. The minimum Gasteiger partial charge on any atom is -0.451 e. The van der Waals surface area contributed by atoms with E-state index in [9.17, 15) is 19.2 Å². The standard InChI is InChI=1S/C27H23NO5/c1-14(24(29)15-5-3-2-4-6-15)33-27(32)16-7-9-17(10-8-16)28-25(30)22-18-11-12-19(21-13-20(18)21)23(22)26(28)31/h2-12,14,18-23H,13H2,1H3/t14-,18-,19-,20-,21-,22-,23+/m1/s1. The zero-order valence-electron chi connectivity index (χ0n) is 18.1. The average Bonchev–Trinajstić information content (AvgIpc) is 3.62. The van der Waals surface area contributed by atoms with Crippen molar-refractivity contribution in [2.75, 3.05) is 4.90 Å². The number of Topliss-reactive ketones (excluding diaryl/α,β-unsaturated/α-hetero) is 1. The van der Waals surface area contributed by atoms with Gasteiger partial charge in [0.25, 0.3) is 0 Å². The molecule has 2 aromatic carbocycles. The fourth-order valence-electron chi connectivity index (χ4n) is 6.08. The first kappa shape index (κ1) is 20.1. The second-order valence-electron chi connectivity index (χ2n) is 9.49. The largest absolute Gasteiger partial charge is 0.451 e. The second kappa shape index (κ2) is 7.24. The Labute approximate surface area is 191 Å². The van der Waals surface area contributed by atoms with Crippen molar-refractivity contribution in [3.63, 3.8) is 0 Å². The molecule has 2 amide bonds. The quantitative estimate of drug-likeness (QED) is 0.306. The predicted octanol–water partition coefficient (Wildman–Crippen LogP) is 3.67. The molecule has 5 aliphatic rings. The van der Waals surface area contributed by atoms with Crippen LogP contribution in [0.1, 0.15) is 34.1 Å². The van der Waals surface area contributed by atoms with Crippen LogP contribution in [0.25, 0.3) is 0 Å². The summed E-state index contributed by atoms with van der Waals surface area (Å²) in [6, 6.07) is 14.9. The number of carbonyl (C=O) groups excluding carboxylic acids is 4. The molecule has 0 aromatic heterocycles. The number of anilines is 1. The van der Waals surface area contributed by atoms with Gasteiger partial charge in [-0.05, 0) is 61.3 Å². The van der Waals surface area contributed by atoms with Crippen LogP contribution in [-0.4, -0.2) is 29.7 Å². The lowest BCUT2D eigenvalue weighted by Gasteiger charge is -2.37. The molecule has 2 saturated carbocycles. The van der Waals surface area contributed by atoms with Crippen molar-refractivity contribution in [1.29, 1.82) is 0 Å². The lowest BCUT2D eigenvalue weighted by Crippen LogP contribution is -2.40. The van der Waals surface area contributed by atoms with Crippen molar-refractivity contribution in [3.05, 3.63) is 77.9 Å². The number of amides is 2. The molecule has 0 N–H and O–H groups in total. The van der Waals surface area contributed by atoms with Crippen molar-refractivity contribution < 1.29 is 23.9 Å². The maximum atomic E-state index is 13.2. The van der Waals surface area contributed by atoms with E-state index in [4.69, 9.17) is 4.74 Å². The van der Waals surface area contributed by atoms with Gasteiger partial charge in [-0.2, -0.15) is 0 Å². The van der Waals surface area contributed by atoms with Crippen molar-refractivity contribution in [2.24, 2.45) is 35.5 Å². The molecular weight excluding hydrogens is 418 g/mol. The highest BCUT2D eigenvalue weighted by atomic mass is 16.5. The number of allylic oxidation sites excluding steroid dienone is 2. The number of nitrogens with zero attached hydrogens (tertiary/aromatic N) is 1. The van der Waals surface area contributed by atoms with Gasteiger partial charge < -0.3 is 4.74 Å². The van der Waals surface area contributed by atoms with Crippen LogP contribution in [0.15, 0.2) is 66.7 Å². The zero-order valence-corrected chi connectivity index (χ0v) is 18.1. The van der Waals surface area contributed by atoms with Crippen LogP contribution in [-0.2, 0) is 14.3 Å². The smallest absolute Gasteiger partial charge is 0.338 e. The Bertz CT molecular complexity index is 1160. The van der Waals surface area contributed by atoms with Gasteiger partial charge in [0.1, 0.15) is 0 Å². The van der Waals surface area contributed by atoms with Gasteiger partial charge >= 0.3 is 5.97 Å². The van der Waals surface area contributed by atoms with Gasteiger partial charge in [0.15, 0.2) is 6.10 Å². The normalized spacial score (nSPS) is 31.7. The van der Waals surface area contributed by atoms with Gasteiger partial charge in [0.05, 0.1) is 23.1 Å². The van der Waals surface area contributed by atoms with Crippen LogP contribution in [0, 0.1) is 35.5 Å². The topological polar surface area (TPSA) is 80.8 Å². The molecule has 166 valence electrons. The summed E-state index contributed by atoms with van der Waals surface area (Å²) in [5.74, 6) is -0.248. The molecule has 0 radical (unpaired) electrons. The van der Waals surface area contributed by atoms with Gasteiger partial charge in [0.2, 0.25) is 17.6 Å². The summed E-state index contributed by atoms with van der Waals surface area (Å²) >= 11 is 0. The molecule has 0 unspecified atom stereocenters. The van der Waals surface area contributed by atoms with Crippen molar-refractivity contribution >= 4 is 29.3 Å². The van der Waals surface area contributed by atoms with E-state index in [1.807, 2.05) is 6.07 Å². The number of imide groups is 1. The first-order valence-electron chi connectivity index (χ1n) is 11.4. The molecule has 2 bridgehead atoms. The number of ether oxygens (including phenoxy) is 1.